The maximum Gasteiger partial charge on any atom is 0.231 e. The highest BCUT2D eigenvalue weighted by Crippen LogP contribution is 2.54. The van der Waals surface area contributed by atoms with Crippen LogP contribution in [-0.2, 0) is 4.79 Å². The van der Waals surface area contributed by atoms with Crippen LogP contribution >= 0.6 is 11.6 Å². The van der Waals surface area contributed by atoms with Crippen molar-refractivity contribution >= 4 is 34.8 Å². The van der Waals surface area contributed by atoms with Crippen molar-refractivity contribution < 1.29 is 28.9 Å². The molecule has 184 valence electrons. The largest absolute Gasteiger partial charge is 0.507 e. The number of nitrogens with zero attached hydrogens (tertiary/aromatic N) is 3. The highest BCUT2D eigenvalue weighted by molar-refractivity contribution is 6.35. The first-order chi connectivity index (χ1) is 16.8. The molecule has 35 heavy (non-hydrogen) atoms. The Bertz CT molecular complexity index is 1250. The fraction of sp³-hybridized carbons (Fsp3) is 0.375. The highest BCUT2D eigenvalue weighted by Gasteiger charge is 2.61. The second kappa shape index (κ2) is 9.53. The van der Waals surface area contributed by atoms with Gasteiger partial charge in [0.1, 0.15) is 22.1 Å². The number of benzene rings is 1. The number of ketones is 2. The predicted octanol–water partition coefficient (Wildman–Crippen LogP) is 3.46. The number of halogens is 1. The summed E-state index contributed by atoms with van der Waals surface area (Å²) < 4.78 is 16.8. The number of anilines is 1. The number of rotatable bonds is 7. The number of hydrogen-bond acceptors (Lipinski definition) is 10. The number of aliphatic hydroxyl groups is 1. The van der Waals surface area contributed by atoms with E-state index in [1.54, 1.807) is 32.3 Å². The normalized spacial score (nSPS) is 21.7. The van der Waals surface area contributed by atoms with E-state index in [1.807, 2.05) is 0 Å². The molecule has 10 nitrogen and oxygen atoms in total. The third-order valence-corrected chi connectivity index (χ3v) is 6.50. The van der Waals surface area contributed by atoms with Crippen LogP contribution in [-0.4, -0.2) is 65.3 Å². The second-order valence-electron chi connectivity index (χ2n) is 8.18. The summed E-state index contributed by atoms with van der Waals surface area (Å²) in [6, 6.07) is 3.19. The molecule has 1 aliphatic heterocycles. The van der Waals surface area contributed by atoms with Crippen molar-refractivity contribution in [2.75, 3.05) is 32.6 Å². The van der Waals surface area contributed by atoms with E-state index in [1.165, 1.54) is 20.3 Å². The molecule has 0 fully saturated rings. The second-order valence-corrected chi connectivity index (χ2v) is 8.56. The van der Waals surface area contributed by atoms with Gasteiger partial charge in [-0.1, -0.05) is 18.5 Å². The minimum Gasteiger partial charge on any atom is -0.507 e. The first-order valence-corrected chi connectivity index (χ1v) is 11.3. The van der Waals surface area contributed by atoms with Crippen LogP contribution in [0, 0.1) is 5.92 Å². The number of allylic oxidation sites excluding steroid dienone is 1. The van der Waals surface area contributed by atoms with E-state index in [4.69, 9.17) is 25.8 Å². The molecule has 2 aliphatic rings. The molecule has 1 aromatic carbocycles. The number of carbonyl (C=O) groups is 2. The minimum atomic E-state index is -1.83. The number of hydrogen-bond donors (Lipinski definition) is 2. The van der Waals surface area contributed by atoms with Crippen LogP contribution in [0.5, 0.6) is 17.2 Å². The summed E-state index contributed by atoms with van der Waals surface area (Å²) in [4.78, 5) is 39.3. The lowest BCUT2D eigenvalue weighted by molar-refractivity contribution is -0.118. The lowest BCUT2D eigenvalue weighted by atomic mass is 9.72. The van der Waals surface area contributed by atoms with Gasteiger partial charge in [-0.2, -0.15) is 0 Å². The fourth-order valence-corrected chi connectivity index (χ4v) is 4.66. The molecule has 0 radical (unpaired) electrons. The van der Waals surface area contributed by atoms with Gasteiger partial charge in [-0.3, -0.25) is 14.6 Å². The Labute approximate surface area is 207 Å². The van der Waals surface area contributed by atoms with Crippen LogP contribution in [0.2, 0.25) is 5.02 Å². The Morgan fingerprint density at radius 3 is 2.63 bits per heavy atom. The topological polar surface area (TPSA) is 132 Å². The minimum absolute atomic E-state index is 0.0286. The van der Waals surface area contributed by atoms with E-state index >= 15 is 0 Å². The number of methoxy groups -OCH3 is 2. The molecule has 0 saturated carbocycles. The molecule has 2 atom stereocenters. The number of nitrogens with one attached hydrogen (secondary N) is 1. The summed E-state index contributed by atoms with van der Waals surface area (Å²) in [5, 5.41) is 14.5. The number of fused-ring (bicyclic) bond motifs is 1. The van der Waals surface area contributed by atoms with Crippen LogP contribution < -0.4 is 19.5 Å². The van der Waals surface area contributed by atoms with Gasteiger partial charge in [0.25, 0.3) is 0 Å². The average Bonchev–Trinajstić information content (AvgIpc) is 3.16. The first-order valence-electron chi connectivity index (χ1n) is 10.9. The highest BCUT2D eigenvalue weighted by atomic mass is 35.5. The van der Waals surface area contributed by atoms with E-state index < -0.39 is 23.1 Å². The molecule has 0 unspecified atom stereocenters. The van der Waals surface area contributed by atoms with Gasteiger partial charge in [0, 0.05) is 43.1 Å². The smallest absolute Gasteiger partial charge is 0.231 e. The number of aromatic nitrogens is 2. The molecule has 1 aliphatic carbocycles. The quantitative estimate of drug-likeness (QED) is 0.433. The number of aliphatic hydroxyl groups excluding tert-OH is 1. The summed E-state index contributed by atoms with van der Waals surface area (Å²) in [7, 11) is 2.83. The van der Waals surface area contributed by atoms with Crippen molar-refractivity contribution in [1.82, 2.24) is 9.97 Å². The molecule has 4 rings (SSSR count). The van der Waals surface area contributed by atoms with E-state index in [0.717, 1.165) is 0 Å². The van der Waals surface area contributed by atoms with Gasteiger partial charge >= 0.3 is 0 Å². The SMILES string of the molecule is COc1cc(OC)c2c(c1Cl)O[C@]1(C2=O)C(O)=C(C(C)=NCCNc2ncccn2)C(=O)C[C@H]1C. The third kappa shape index (κ3) is 3.97. The molecule has 11 heteroatoms. The van der Waals surface area contributed by atoms with E-state index in [-0.39, 0.29) is 57.9 Å². The monoisotopic (exact) mass is 500 g/mol. The lowest BCUT2D eigenvalue weighted by Gasteiger charge is -2.37. The van der Waals surface area contributed by atoms with E-state index in [2.05, 4.69) is 20.3 Å². The Morgan fingerprint density at radius 1 is 1.29 bits per heavy atom. The number of Topliss-reactive ketones (excluding diaryl/α,β-unsaturated/α-hetero) is 2. The number of carbonyl (C=O) groups excluding carboxylic acids is 2. The molecule has 2 heterocycles. The Kier molecular flexibility index (Phi) is 6.66. The van der Waals surface area contributed by atoms with Crippen LogP contribution in [0.15, 0.2) is 40.9 Å². The maximum absolute atomic E-state index is 13.7. The molecule has 0 bridgehead atoms. The summed E-state index contributed by atoms with van der Waals surface area (Å²) in [5.41, 5.74) is -1.49. The van der Waals surface area contributed by atoms with Gasteiger partial charge < -0.3 is 24.6 Å². The van der Waals surface area contributed by atoms with Gasteiger partial charge in [-0.05, 0) is 13.0 Å². The molecule has 0 amide bonds. The van der Waals surface area contributed by atoms with Crippen molar-refractivity contribution in [2.45, 2.75) is 25.9 Å². The predicted molar refractivity (Wildman–Crippen MR) is 129 cm³/mol. The Hall–Kier alpha value is -3.66. The first kappa shape index (κ1) is 24.5. The molecule has 1 spiro atoms. The molecule has 0 saturated heterocycles. The van der Waals surface area contributed by atoms with Crippen molar-refractivity contribution in [3.8, 4) is 17.2 Å². The number of aliphatic imine (C=N–C) groups is 1. The maximum atomic E-state index is 13.7. The third-order valence-electron chi connectivity index (χ3n) is 6.14. The molecular formula is C24H25ClN4O6. The zero-order valence-electron chi connectivity index (χ0n) is 19.7. The summed E-state index contributed by atoms with van der Waals surface area (Å²) >= 11 is 6.45. The van der Waals surface area contributed by atoms with Crippen molar-refractivity contribution in [2.24, 2.45) is 10.9 Å². The van der Waals surface area contributed by atoms with Crippen LogP contribution in [0.3, 0.4) is 0 Å². The van der Waals surface area contributed by atoms with E-state index in [0.29, 0.717) is 12.5 Å². The van der Waals surface area contributed by atoms with Gasteiger partial charge in [-0.25, -0.2) is 9.97 Å². The Morgan fingerprint density at radius 2 is 1.97 bits per heavy atom. The summed E-state index contributed by atoms with van der Waals surface area (Å²) in [5.74, 6) is -1.09. The van der Waals surface area contributed by atoms with Gasteiger partial charge in [0.05, 0.1) is 26.3 Å². The molecular weight excluding hydrogens is 476 g/mol. The van der Waals surface area contributed by atoms with Gasteiger partial charge in [0.2, 0.25) is 17.3 Å². The summed E-state index contributed by atoms with van der Waals surface area (Å²) in [6.07, 6.45) is 3.20. The van der Waals surface area contributed by atoms with Crippen LogP contribution in [0.1, 0.15) is 30.6 Å². The standard InChI is InChI=1S/C24H25ClN4O6/c1-12-10-14(30)17(13(2)26-8-9-29-23-27-6-5-7-28-23)21(31)24(12)22(32)18-15(33-3)11-16(34-4)19(25)20(18)35-24/h5-7,11-12,31H,8-10H2,1-4H3,(H,27,28,29)/t12-,24+/m1/s1. The van der Waals surface area contributed by atoms with Crippen LogP contribution in [0.25, 0.3) is 0 Å². The van der Waals surface area contributed by atoms with E-state index in [9.17, 15) is 14.7 Å². The van der Waals surface area contributed by atoms with Gasteiger partial charge in [-0.15, -0.1) is 0 Å². The average molecular weight is 501 g/mol. The lowest BCUT2D eigenvalue weighted by Crippen LogP contribution is -2.53. The molecule has 1 aromatic heterocycles. The molecule has 2 N–H and O–H groups in total. The fourth-order valence-electron chi connectivity index (χ4n) is 4.39. The zero-order chi connectivity index (χ0) is 25.3. The van der Waals surface area contributed by atoms with Crippen molar-refractivity contribution in [3.05, 3.63) is 46.4 Å². The molecule has 2 aromatic rings. The van der Waals surface area contributed by atoms with Crippen molar-refractivity contribution in [1.29, 1.82) is 0 Å². The van der Waals surface area contributed by atoms with Gasteiger partial charge in [0.15, 0.2) is 17.3 Å². The van der Waals surface area contributed by atoms with Crippen LogP contribution in [0.4, 0.5) is 5.95 Å². The summed E-state index contributed by atoms with van der Waals surface area (Å²) in [6.45, 7) is 3.96. The number of ether oxygens (including phenoxy) is 3. The van der Waals surface area contributed by atoms with Crippen molar-refractivity contribution in [3.63, 3.8) is 0 Å². The Balaban J connectivity index is 1.70. The zero-order valence-corrected chi connectivity index (χ0v) is 20.5.